The highest BCUT2D eigenvalue weighted by Crippen LogP contribution is 2.56. The van der Waals surface area contributed by atoms with Crippen molar-refractivity contribution >= 4 is 19.9 Å². The van der Waals surface area contributed by atoms with Gasteiger partial charge in [0.05, 0.1) is 19.1 Å². The summed E-state index contributed by atoms with van der Waals surface area (Å²) in [5.41, 5.74) is 4.95. The van der Waals surface area contributed by atoms with Crippen LogP contribution >= 0.6 is 7.82 Å². The first-order valence-electron chi connectivity index (χ1n) is 6.51. The predicted octanol–water partition coefficient (Wildman–Crippen LogP) is 0.944. The third-order valence-corrected chi connectivity index (χ3v) is 4.45. The molecule has 2 aliphatic heterocycles. The number of halogens is 1. The summed E-state index contributed by atoms with van der Waals surface area (Å²) in [6.45, 7) is 3.21. The molecule has 5 unspecified atom stereocenters. The topological polar surface area (TPSA) is 109 Å². The van der Waals surface area contributed by atoms with Crippen LogP contribution in [0.5, 0.6) is 0 Å². The lowest BCUT2D eigenvalue weighted by atomic mass is 10.1. The molecule has 2 N–H and O–H groups in total. The normalized spacial score (nSPS) is 39.8. The number of rotatable bonds is 5. The number of fused-ring (bicyclic) bond motifs is 1. The van der Waals surface area contributed by atoms with Gasteiger partial charge in [-0.2, -0.15) is 0 Å². The van der Waals surface area contributed by atoms with Crippen molar-refractivity contribution in [1.82, 2.24) is 0 Å². The van der Waals surface area contributed by atoms with E-state index in [-0.39, 0.29) is 13.0 Å². The van der Waals surface area contributed by atoms with Crippen molar-refractivity contribution in [3.05, 3.63) is 0 Å². The quantitative estimate of drug-likeness (QED) is 0.595. The molecule has 0 aromatic carbocycles. The van der Waals surface area contributed by atoms with E-state index in [1.54, 1.807) is 13.8 Å². The van der Waals surface area contributed by atoms with Gasteiger partial charge in [-0.1, -0.05) is 0 Å². The van der Waals surface area contributed by atoms with Crippen LogP contribution in [0.1, 0.15) is 20.3 Å². The molecule has 2 heterocycles. The molecule has 2 saturated heterocycles. The summed E-state index contributed by atoms with van der Waals surface area (Å²) in [6.07, 6.45) is -3.92. The highest BCUT2D eigenvalue weighted by Gasteiger charge is 2.53. The molecule has 0 saturated carbocycles. The molecule has 0 aromatic rings. The third kappa shape index (κ3) is 4.08. The van der Waals surface area contributed by atoms with Crippen LogP contribution in [-0.4, -0.2) is 49.4 Å². The number of carbonyl (C=O) groups is 1. The van der Waals surface area contributed by atoms with Gasteiger partial charge < -0.3 is 10.5 Å². The zero-order valence-electron chi connectivity index (χ0n) is 11.7. The van der Waals surface area contributed by atoms with Gasteiger partial charge in [-0.25, -0.2) is 8.96 Å². The smallest absolute Gasteiger partial charge is 0.369 e. The van der Waals surface area contributed by atoms with Crippen molar-refractivity contribution in [3.8, 4) is 0 Å². The van der Waals surface area contributed by atoms with Crippen molar-refractivity contribution in [2.75, 3.05) is 6.61 Å². The fourth-order valence-corrected chi connectivity index (χ4v) is 3.55. The summed E-state index contributed by atoms with van der Waals surface area (Å²) in [5.74, 6) is -0.584. The van der Waals surface area contributed by atoms with E-state index in [4.69, 9.17) is 24.0 Å². The molecule has 10 heteroatoms. The summed E-state index contributed by atoms with van der Waals surface area (Å²) in [4.78, 5) is 14.4. The number of carbonyl (C=O) groups excluding carboxylic acids is 1. The Morgan fingerprint density at radius 3 is 2.95 bits per heavy atom. The van der Waals surface area contributed by atoms with Gasteiger partial charge in [0.25, 0.3) is 0 Å². The Labute approximate surface area is 121 Å². The molecular weight excluding hydrogens is 306 g/mol. The van der Waals surface area contributed by atoms with Gasteiger partial charge in [0.15, 0.2) is 12.4 Å². The average molecular weight is 324 g/mol. The Morgan fingerprint density at radius 2 is 2.33 bits per heavy atom. The van der Waals surface area contributed by atoms with E-state index in [2.05, 4.69) is 4.99 Å². The Balaban J connectivity index is 1.99. The second-order valence-corrected chi connectivity index (χ2v) is 6.55. The molecule has 2 rings (SSSR count). The molecule has 120 valence electrons. The first-order chi connectivity index (χ1) is 9.81. The molecule has 0 aromatic heterocycles. The average Bonchev–Trinajstić information content (AvgIpc) is 2.65. The van der Waals surface area contributed by atoms with Crippen LogP contribution in [0.2, 0.25) is 0 Å². The number of hydrogen-bond acceptors (Lipinski definition) is 7. The first-order valence-corrected chi connectivity index (χ1v) is 7.97. The number of phosphoric acid groups is 1. The molecule has 0 aliphatic carbocycles. The van der Waals surface area contributed by atoms with Crippen molar-refractivity contribution in [1.29, 1.82) is 0 Å². The Bertz CT molecular complexity index is 474. The van der Waals surface area contributed by atoms with Crippen LogP contribution in [0.15, 0.2) is 4.99 Å². The van der Waals surface area contributed by atoms with Crippen LogP contribution < -0.4 is 5.73 Å². The summed E-state index contributed by atoms with van der Waals surface area (Å²) in [7, 11) is -3.79. The molecular formula is C11H18FN2O6P. The minimum Gasteiger partial charge on any atom is -0.369 e. The number of primary amides is 1. The fourth-order valence-electron chi connectivity index (χ4n) is 1.98. The van der Waals surface area contributed by atoms with E-state index in [1.165, 1.54) is 6.21 Å². The van der Waals surface area contributed by atoms with Gasteiger partial charge in [0.1, 0.15) is 12.2 Å². The second-order valence-electron chi connectivity index (χ2n) is 4.98. The molecule has 2 aliphatic rings. The molecule has 0 spiro atoms. The molecule has 0 radical (unpaired) electrons. The van der Waals surface area contributed by atoms with Gasteiger partial charge in [-0.15, -0.1) is 0 Å². The number of alkyl halides is 1. The predicted molar refractivity (Wildman–Crippen MR) is 70.5 cm³/mol. The molecule has 8 nitrogen and oxygen atoms in total. The van der Waals surface area contributed by atoms with Crippen molar-refractivity contribution in [2.24, 2.45) is 10.7 Å². The van der Waals surface area contributed by atoms with Crippen LogP contribution in [-0.2, 0) is 27.7 Å². The van der Waals surface area contributed by atoms with Crippen LogP contribution in [0, 0.1) is 0 Å². The number of amides is 1. The minimum absolute atomic E-state index is 0.114. The van der Waals surface area contributed by atoms with Gasteiger partial charge in [0.2, 0.25) is 5.91 Å². The zero-order valence-corrected chi connectivity index (χ0v) is 12.6. The standard InChI is InChI=1S/C11H18FN2O6P/c1-6(2)19-21(16)17-5-7-10(20-21)9(12)11(18-7)14-4-3-8(13)15/h4,6-7,9-11H,3,5H2,1-2H3,(H2,13,15). The highest BCUT2D eigenvalue weighted by molar-refractivity contribution is 7.48. The molecule has 0 bridgehead atoms. The fraction of sp³-hybridized carbons (Fsp3) is 0.818. The highest BCUT2D eigenvalue weighted by atomic mass is 31.2. The van der Waals surface area contributed by atoms with Gasteiger partial charge >= 0.3 is 7.82 Å². The first kappa shape index (κ1) is 16.5. The number of ether oxygens (including phenoxy) is 1. The summed E-state index contributed by atoms with van der Waals surface area (Å²) < 4.78 is 46.9. The lowest BCUT2D eigenvalue weighted by molar-refractivity contribution is -0.116. The zero-order chi connectivity index (χ0) is 15.6. The van der Waals surface area contributed by atoms with Crippen LogP contribution in [0.4, 0.5) is 4.39 Å². The maximum absolute atomic E-state index is 14.2. The summed E-state index contributed by atoms with van der Waals surface area (Å²) in [5, 5.41) is 0. The van der Waals surface area contributed by atoms with E-state index in [0.717, 1.165) is 0 Å². The van der Waals surface area contributed by atoms with Crippen molar-refractivity contribution < 1.29 is 32.1 Å². The lowest BCUT2D eigenvalue weighted by Gasteiger charge is -2.31. The molecule has 1 amide bonds. The Morgan fingerprint density at radius 1 is 1.62 bits per heavy atom. The number of hydrogen-bond donors (Lipinski definition) is 1. The van der Waals surface area contributed by atoms with Crippen LogP contribution in [0.3, 0.4) is 0 Å². The van der Waals surface area contributed by atoms with Crippen molar-refractivity contribution in [2.45, 2.75) is 51.0 Å². The summed E-state index contributed by atoms with van der Waals surface area (Å²) >= 11 is 0. The second kappa shape index (κ2) is 6.50. The van der Waals surface area contributed by atoms with E-state index in [1.807, 2.05) is 0 Å². The number of nitrogens with zero attached hydrogens (tertiary/aromatic N) is 1. The largest absolute Gasteiger partial charge is 0.475 e. The van der Waals surface area contributed by atoms with E-state index in [9.17, 15) is 13.8 Å². The maximum atomic E-state index is 14.2. The molecule has 2 fully saturated rings. The molecule has 21 heavy (non-hydrogen) atoms. The minimum atomic E-state index is -3.79. The van der Waals surface area contributed by atoms with E-state index in [0.29, 0.717) is 0 Å². The van der Waals surface area contributed by atoms with Gasteiger partial charge in [0, 0.05) is 6.21 Å². The third-order valence-electron chi connectivity index (χ3n) is 2.80. The lowest BCUT2D eigenvalue weighted by Crippen LogP contribution is -2.38. The van der Waals surface area contributed by atoms with Crippen molar-refractivity contribution in [3.63, 3.8) is 0 Å². The van der Waals surface area contributed by atoms with E-state index < -0.39 is 44.4 Å². The Kier molecular flexibility index (Phi) is 5.11. The maximum Gasteiger partial charge on any atom is 0.475 e. The van der Waals surface area contributed by atoms with E-state index >= 15 is 0 Å². The monoisotopic (exact) mass is 324 g/mol. The van der Waals surface area contributed by atoms with Gasteiger partial charge in [-0.05, 0) is 13.8 Å². The number of nitrogens with two attached hydrogens (primary N) is 1. The SMILES string of the molecule is CC(C)OP1(=O)OCC2OC(N=CCC(N)=O)C(F)C2O1. The Hall–Kier alpha value is -0.860. The van der Waals surface area contributed by atoms with Crippen LogP contribution in [0.25, 0.3) is 0 Å². The number of aliphatic imine (C=N–C) groups is 1. The number of phosphoric ester groups is 1. The molecule has 5 atom stereocenters. The van der Waals surface area contributed by atoms with Gasteiger partial charge in [-0.3, -0.25) is 23.4 Å². The summed E-state index contributed by atoms with van der Waals surface area (Å²) in [6, 6.07) is 0.